The molecule has 0 aliphatic rings. The quantitative estimate of drug-likeness (QED) is 0.681. The van der Waals surface area contributed by atoms with Crippen LogP contribution in [0.25, 0.3) is 11.0 Å². The van der Waals surface area contributed by atoms with E-state index in [2.05, 4.69) is 36.4 Å². The van der Waals surface area contributed by atoms with Gasteiger partial charge in [0.15, 0.2) is 5.69 Å². The minimum atomic E-state index is -0.310. The van der Waals surface area contributed by atoms with Crippen LogP contribution >= 0.6 is 15.9 Å². The van der Waals surface area contributed by atoms with Crippen LogP contribution in [0.4, 0.5) is 4.39 Å². The first-order valence-electron chi connectivity index (χ1n) is 8.01. The van der Waals surface area contributed by atoms with Crippen molar-refractivity contribution >= 4 is 32.9 Å². The SMILES string of the molecule is CC(C)c1[nH]nc(C(=O)NCCc2nc3cc(F)ccc3n2C)c1Br. The molecule has 25 heavy (non-hydrogen) atoms. The molecule has 8 heteroatoms. The average Bonchev–Trinajstić information content (AvgIpc) is 3.08. The van der Waals surface area contributed by atoms with Crippen LogP contribution in [-0.2, 0) is 13.5 Å². The maximum absolute atomic E-state index is 13.3. The summed E-state index contributed by atoms with van der Waals surface area (Å²) in [6, 6.07) is 4.52. The topological polar surface area (TPSA) is 75.6 Å². The van der Waals surface area contributed by atoms with Gasteiger partial charge in [0, 0.05) is 26.1 Å². The second-order valence-electron chi connectivity index (χ2n) is 6.18. The summed E-state index contributed by atoms with van der Waals surface area (Å²) in [5, 5.41) is 9.81. The molecule has 2 aromatic heterocycles. The van der Waals surface area contributed by atoms with Crippen molar-refractivity contribution in [2.45, 2.75) is 26.2 Å². The van der Waals surface area contributed by atoms with E-state index < -0.39 is 0 Å². The Balaban J connectivity index is 1.67. The number of imidazole rings is 1. The normalized spacial score (nSPS) is 11.4. The molecule has 0 aliphatic heterocycles. The van der Waals surface area contributed by atoms with Gasteiger partial charge in [-0.3, -0.25) is 9.89 Å². The Labute approximate surface area is 153 Å². The predicted octanol–water partition coefficient (Wildman–Crippen LogP) is 3.29. The van der Waals surface area contributed by atoms with Gasteiger partial charge in [0.25, 0.3) is 5.91 Å². The van der Waals surface area contributed by atoms with Crippen molar-refractivity contribution in [2.75, 3.05) is 6.54 Å². The molecule has 2 heterocycles. The molecule has 3 aromatic rings. The van der Waals surface area contributed by atoms with Crippen molar-refractivity contribution < 1.29 is 9.18 Å². The van der Waals surface area contributed by atoms with E-state index in [4.69, 9.17) is 0 Å². The molecule has 0 saturated carbocycles. The Morgan fingerprint density at radius 2 is 2.20 bits per heavy atom. The zero-order valence-electron chi connectivity index (χ0n) is 14.2. The Morgan fingerprint density at radius 3 is 2.88 bits per heavy atom. The van der Waals surface area contributed by atoms with Crippen LogP contribution in [-0.4, -0.2) is 32.2 Å². The fourth-order valence-electron chi connectivity index (χ4n) is 2.69. The van der Waals surface area contributed by atoms with Gasteiger partial charge in [-0.15, -0.1) is 0 Å². The van der Waals surface area contributed by atoms with E-state index in [1.54, 1.807) is 6.07 Å². The molecule has 0 saturated heterocycles. The first kappa shape index (κ1) is 17.6. The summed E-state index contributed by atoms with van der Waals surface area (Å²) < 4.78 is 15.9. The number of benzene rings is 1. The van der Waals surface area contributed by atoms with Crippen LogP contribution in [0.1, 0.15) is 41.8 Å². The monoisotopic (exact) mass is 407 g/mol. The van der Waals surface area contributed by atoms with Gasteiger partial charge in [-0.25, -0.2) is 9.37 Å². The minimum absolute atomic E-state index is 0.240. The standard InChI is InChI=1S/C17H19BrFN5O/c1-9(2)15-14(18)16(23-22-15)17(25)20-7-6-13-21-11-8-10(19)4-5-12(11)24(13)3/h4-5,8-9H,6-7H2,1-3H3,(H,20,25)(H,22,23). The number of rotatable bonds is 5. The second-order valence-corrected chi connectivity index (χ2v) is 6.97. The number of aromatic amines is 1. The first-order valence-corrected chi connectivity index (χ1v) is 8.80. The highest BCUT2D eigenvalue weighted by Gasteiger charge is 2.19. The van der Waals surface area contributed by atoms with Crippen LogP contribution in [0.3, 0.4) is 0 Å². The zero-order valence-corrected chi connectivity index (χ0v) is 15.8. The highest BCUT2D eigenvalue weighted by Crippen LogP contribution is 2.25. The number of nitrogens with zero attached hydrogens (tertiary/aromatic N) is 3. The number of aryl methyl sites for hydroxylation is 1. The molecule has 0 spiro atoms. The number of carbonyl (C=O) groups excluding carboxylic acids is 1. The van der Waals surface area contributed by atoms with E-state index in [1.165, 1.54) is 12.1 Å². The number of nitrogens with one attached hydrogen (secondary N) is 2. The van der Waals surface area contributed by atoms with Crippen LogP contribution < -0.4 is 5.32 Å². The molecule has 0 atom stereocenters. The summed E-state index contributed by atoms with van der Waals surface area (Å²) in [6.45, 7) is 4.46. The largest absolute Gasteiger partial charge is 0.350 e. The molecule has 6 nitrogen and oxygen atoms in total. The first-order chi connectivity index (χ1) is 11.9. The summed E-state index contributed by atoms with van der Waals surface area (Å²) in [7, 11) is 1.88. The highest BCUT2D eigenvalue weighted by molar-refractivity contribution is 9.10. The van der Waals surface area contributed by atoms with Gasteiger partial charge in [0.2, 0.25) is 0 Å². The van der Waals surface area contributed by atoms with Gasteiger partial charge in [0.1, 0.15) is 11.6 Å². The van der Waals surface area contributed by atoms with E-state index in [0.717, 1.165) is 17.0 Å². The van der Waals surface area contributed by atoms with Crippen molar-refractivity contribution in [3.05, 3.63) is 45.7 Å². The van der Waals surface area contributed by atoms with Gasteiger partial charge in [-0.1, -0.05) is 13.8 Å². The lowest BCUT2D eigenvalue weighted by Gasteiger charge is -2.05. The maximum Gasteiger partial charge on any atom is 0.272 e. The van der Waals surface area contributed by atoms with Crippen LogP contribution in [0, 0.1) is 5.82 Å². The molecule has 0 fully saturated rings. The molecular weight excluding hydrogens is 389 g/mol. The Morgan fingerprint density at radius 1 is 1.44 bits per heavy atom. The van der Waals surface area contributed by atoms with Gasteiger partial charge in [0.05, 0.1) is 21.2 Å². The third kappa shape index (κ3) is 3.44. The molecule has 0 radical (unpaired) electrons. The number of aromatic nitrogens is 4. The fourth-order valence-corrected chi connectivity index (χ4v) is 3.51. The van der Waals surface area contributed by atoms with Crippen LogP contribution in [0.5, 0.6) is 0 Å². The summed E-state index contributed by atoms with van der Waals surface area (Å²) in [4.78, 5) is 16.7. The Hall–Kier alpha value is -2.22. The van der Waals surface area contributed by atoms with Crippen molar-refractivity contribution in [1.29, 1.82) is 0 Å². The molecule has 0 aliphatic carbocycles. The van der Waals surface area contributed by atoms with E-state index in [9.17, 15) is 9.18 Å². The predicted molar refractivity (Wildman–Crippen MR) is 97.1 cm³/mol. The third-order valence-electron chi connectivity index (χ3n) is 4.09. The van der Waals surface area contributed by atoms with Crippen molar-refractivity contribution in [3.63, 3.8) is 0 Å². The molecule has 2 N–H and O–H groups in total. The smallest absolute Gasteiger partial charge is 0.272 e. The summed E-state index contributed by atoms with van der Waals surface area (Å²) in [5.74, 6) is 0.461. The molecule has 0 bridgehead atoms. The zero-order chi connectivity index (χ0) is 18.1. The Bertz CT molecular complexity index is 931. The van der Waals surface area contributed by atoms with Gasteiger partial charge >= 0.3 is 0 Å². The van der Waals surface area contributed by atoms with Crippen molar-refractivity contribution in [2.24, 2.45) is 7.05 Å². The summed E-state index contributed by atoms with van der Waals surface area (Å²) in [5.41, 5.74) is 2.71. The number of hydrogen-bond acceptors (Lipinski definition) is 3. The lowest BCUT2D eigenvalue weighted by molar-refractivity contribution is 0.0948. The maximum atomic E-state index is 13.3. The molecule has 1 aromatic carbocycles. The van der Waals surface area contributed by atoms with E-state index in [0.29, 0.717) is 28.6 Å². The van der Waals surface area contributed by atoms with Gasteiger partial charge in [-0.2, -0.15) is 5.10 Å². The van der Waals surface area contributed by atoms with Gasteiger partial charge in [-0.05, 0) is 34.0 Å². The van der Waals surface area contributed by atoms with E-state index in [-0.39, 0.29) is 17.6 Å². The molecule has 0 unspecified atom stereocenters. The number of hydrogen-bond donors (Lipinski definition) is 2. The number of H-pyrrole nitrogens is 1. The number of fused-ring (bicyclic) bond motifs is 1. The van der Waals surface area contributed by atoms with Crippen molar-refractivity contribution in [3.8, 4) is 0 Å². The van der Waals surface area contributed by atoms with Crippen LogP contribution in [0.2, 0.25) is 0 Å². The second kappa shape index (κ2) is 6.95. The van der Waals surface area contributed by atoms with E-state index in [1.807, 2.05) is 25.5 Å². The third-order valence-corrected chi connectivity index (χ3v) is 4.90. The highest BCUT2D eigenvalue weighted by atomic mass is 79.9. The lowest BCUT2D eigenvalue weighted by Crippen LogP contribution is -2.27. The number of halogens is 2. The van der Waals surface area contributed by atoms with Gasteiger partial charge < -0.3 is 9.88 Å². The summed E-state index contributed by atoms with van der Waals surface area (Å²) >= 11 is 3.42. The summed E-state index contributed by atoms with van der Waals surface area (Å²) in [6.07, 6.45) is 0.539. The van der Waals surface area contributed by atoms with Crippen LogP contribution in [0.15, 0.2) is 22.7 Å². The lowest BCUT2D eigenvalue weighted by atomic mass is 10.1. The number of carbonyl (C=O) groups is 1. The molecular formula is C17H19BrFN5O. The molecule has 3 rings (SSSR count). The molecule has 1 amide bonds. The van der Waals surface area contributed by atoms with E-state index >= 15 is 0 Å². The molecule has 132 valence electrons. The Kier molecular flexibility index (Phi) is 4.89. The number of amides is 1. The fraction of sp³-hybridized carbons (Fsp3) is 0.353. The average molecular weight is 408 g/mol. The minimum Gasteiger partial charge on any atom is -0.350 e. The van der Waals surface area contributed by atoms with Crippen molar-refractivity contribution in [1.82, 2.24) is 25.1 Å².